The third kappa shape index (κ3) is 4.80. The number of benzene rings is 1. The number of aliphatic hydroxyl groups excluding tert-OH is 1. The number of hydrogen-bond acceptors (Lipinski definition) is 3. The maximum atomic E-state index is 9.96. The van der Waals surface area contributed by atoms with Crippen LogP contribution >= 0.6 is 0 Å². The molecule has 0 spiro atoms. The Kier molecular flexibility index (Phi) is 5.86. The SMILES string of the molecule is CC(C)c1cccc(NCC(O)COC2CCCC2)c1. The monoisotopic (exact) mass is 277 g/mol. The van der Waals surface area contributed by atoms with E-state index in [1.807, 2.05) is 6.07 Å². The minimum absolute atomic E-state index is 0.369. The molecule has 1 aliphatic rings. The van der Waals surface area contributed by atoms with Gasteiger partial charge in [-0.05, 0) is 36.5 Å². The lowest BCUT2D eigenvalue weighted by Gasteiger charge is -2.17. The van der Waals surface area contributed by atoms with Crippen LogP contribution in [0.3, 0.4) is 0 Å². The molecule has 1 fully saturated rings. The molecule has 1 atom stereocenters. The third-order valence-electron chi connectivity index (χ3n) is 3.92. The molecule has 1 saturated carbocycles. The average Bonchev–Trinajstić information content (AvgIpc) is 2.96. The first-order chi connectivity index (χ1) is 9.65. The van der Waals surface area contributed by atoms with Crippen LogP contribution in [0.2, 0.25) is 0 Å². The van der Waals surface area contributed by atoms with Gasteiger partial charge in [-0.15, -0.1) is 0 Å². The van der Waals surface area contributed by atoms with Crippen molar-refractivity contribution in [2.45, 2.75) is 57.7 Å². The average molecular weight is 277 g/mol. The molecule has 0 bridgehead atoms. The molecule has 1 aromatic carbocycles. The maximum absolute atomic E-state index is 9.96. The zero-order valence-electron chi connectivity index (χ0n) is 12.6. The number of anilines is 1. The van der Waals surface area contributed by atoms with Gasteiger partial charge < -0.3 is 15.2 Å². The lowest BCUT2D eigenvalue weighted by atomic mass is 10.0. The van der Waals surface area contributed by atoms with Gasteiger partial charge in [-0.3, -0.25) is 0 Å². The quantitative estimate of drug-likeness (QED) is 0.801. The number of nitrogens with one attached hydrogen (secondary N) is 1. The zero-order chi connectivity index (χ0) is 14.4. The number of aliphatic hydroxyl groups is 1. The van der Waals surface area contributed by atoms with Gasteiger partial charge in [0.05, 0.1) is 18.8 Å². The number of rotatable bonds is 7. The molecule has 3 heteroatoms. The molecule has 3 nitrogen and oxygen atoms in total. The number of hydrogen-bond donors (Lipinski definition) is 2. The first-order valence-corrected chi connectivity index (χ1v) is 7.78. The Balaban J connectivity index is 1.72. The fourth-order valence-corrected chi connectivity index (χ4v) is 2.60. The van der Waals surface area contributed by atoms with Gasteiger partial charge in [0.1, 0.15) is 0 Å². The van der Waals surface area contributed by atoms with Crippen molar-refractivity contribution < 1.29 is 9.84 Å². The van der Waals surface area contributed by atoms with E-state index in [0.717, 1.165) is 18.5 Å². The van der Waals surface area contributed by atoms with Crippen LogP contribution < -0.4 is 5.32 Å². The van der Waals surface area contributed by atoms with Gasteiger partial charge in [0.25, 0.3) is 0 Å². The van der Waals surface area contributed by atoms with Crippen molar-refractivity contribution in [2.75, 3.05) is 18.5 Å². The van der Waals surface area contributed by atoms with E-state index in [1.165, 1.54) is 18.4 Å². The summed E-state index contributed by atoms with van der Waals surface area (Å²) in [6.45, 7) is 5.34. The third-order valence-corrected chi connectivity index (χ3v) is 3.92. The predicted molar refractivity (Wildman–Crippen MR) is 83.2 cm³/mol. The van der Waals surface area contributed by atoms with E-state index in [0.29, 0.717) is 25.2 Å². The van der Waals surface area contributed by atoms with E-state index in [9.17, 15) is 5.11 Å². The minimum Gasteiger partial charge on any atom is -0.389 e. The fraction of sp³-hybridized carbons (Fsp3) is 0.647. The molecule has 0 saturated heterocycles. The van der Waals surface area contributed by atoms with Crippen molar-refractivity contribution in [3.63, 3.8) is 0 Å². The van der Waals surface area contributed by atoms with E-state index >= 15 is 0 Å². The summed E-state index contributed by atoms with van der Waals surface area (Å²) < 4.78 is 5.73. The molecule has 112 valence electrons. The van der Waals surface area contributed by atoms with Crippen LogP contribution in [0.1, 0.15) is 51.0 Å². The molecular weight excluding hydrogens is 250 g/mol. The molecule has 0 aromatic heterocycles. The molecule has 1 unspecified atom stereocenters. The van der Waals surface area contributed by atoms with Crippen LogP contribution in [0.5, 0.6) is 0 Å². The van der Waals surface area contributed by atoms with E-state index in [1.54, 1.807) is 0 Å². The Morgan fingerprint density at radius 1 is 1.30 bits per heavy atom. The van der Waals surface area contributed by atoms with Gasteiger partial charge >= 0.3 is 0 Å². The highest BCUT2D eigenvalue weighted by Gasteiger charge is 2.16. The molecular formula is C17H27NO2. The highest BCUT2D eigenvalue weighted by Crippen LogP contribution is 2.21. The standard InChI is InChI=1S/C17H27NO2/c1-13(2)14-6-5-7-15(10-14)18-11-16(19)12-20-17-8-3-4-9-17/h5-7,10,13,16-19H,3-4,8-9,11-12H2,1-2H3. The van der Waals surface area contributed by atoms with Crippen molar-refractivity contribution in [2.24, 2.45) is 0 Å². The predicted octanol–water partition coefficient (Wildman–Crippen LogP) is 3.54. The Morgan fingerprint density at radius 2 is 2.05 bits per heavy atom. The van der Waals surface area contributed by atoms with Crippen molar-refractivity contribution in [1.29, 1.82) is 0 Å². The molecule has 2 rings (SSSR count). The summed E-state index contributed by atoms with van der Waals surface area (Å²) in [5.41, 5.74) is 2.38. The molecule has 20 heavy (non-hydrogen) atoms. The smallest absolute Gasteiger partial charge is 0.0945 e. The van der Waals surface area contributed by atoms with Gasteiger partial charge in [0.2, 0.25) is 0 Å². The van der Waals surface area contributed by atoms with E-state index in [4.69, 9.17) is 4.74 Å². The summed E-state index contributed by atoms with van der Waals surface area (Å²) in [6.07, 6.45) is 4.75. The Labute approximate surface area is 122 Å². The second-order valence-corrected chi connectivity index (χ2v) is 6.05. The van der Waals surface area contributed by atoms with Gasteiger partial charge in [0, 0.05) is 12.2 Å². The summed E-state index contributed by atoms with van der Waals surface area (Å²) in [5, 5.41) is 13.2. The van der Waals surface area contributed by atoms with E-state index in [2.05, 4.69) is 37.4 Å². The Morgan fingerprint density at radius 3 is 2.75 bits per heavy atom. The molecule has 0 heterocycles. The molecule has 0 aliphatic heterocycles. The van der Waals surface area contributed by atoms with E-state index < -0.39 is 6.10 Å². The van der Waals surface area contributed by atoms with E-state index in [-0.39, 0.29) is 0 Å². The normalized spacial score (nSPS) is 17.6. The summed E-state index contributed by atoms with van der Waals surface area (Å²) >= 11 is 0. The Hall–Kier alpha value is -1.06. The maximum Gasteiger partial charge on any atom is 0.0945 e. The lowest BCUT2D eigenvalue weighted by molar-refractivity contribution is -0.00117. The largest absolute Gasteiger partial charge is 0.389 e. The van der Waals surface area contributed by atoms with Crippen LogP contribution in [0, 0.1) is 0 Å². The summed E-state index contributed by atoms with van der Waals surface area (Å²) in [5.74, 6) is 0.521. The highest BCUT2D eigenvalue weighted by atomic mass is 16.5. The fourth-order valence-electron chi connectivity index (χ4n) is 2.60. The van der Waals surface area contributed by atoms with Gasteiger partial charge in [-0.2, -0.15) is 0 Å². The molecule has 0 radical (unpaired) electrons. The van der Waals surface area contributed by atoms with Crippen molar-refractivity contribution >= 4 is 5.69 Å². The molecule has 1 aliphatic carbocycles. The van der Waals surface area contributed by atoms with Crippen LogP contribution in [-0.4, -0.2) is 30.5 Å². The van der Waals surface area contributed by atoms with Crippen LogP contribution in [0.15, 0.2) is 24.3 Å². The first-order valence-electron chi connectivity index (χ1n) is 7.78. The van der Waals surface area contributed by atoms with Crippen LogP contribution in [0.4, 0.5) is 5.69 Å². The van der Waals surface area contributed by atoms with Gasteiger partial charge in [-0.1, -0.05) is 38.8 Å². The molecule has 0 amide bonds. The van der Waals surface area contributed by atoms with Crippen molar-refractivity contribution in [3.8, 4) is 0 Å². The topological polar surface area (TPSA) is 41.5 Å². The van der Waals surface area contributed by atoms with Gasteiger partial charge in [-0.25, -0.2) is 0 Å². The number of ether oxygens (including phenoxy) is 1. The minimum atomic E-state index is -0.446. The van der Waals surface area contributed by atoms with Crippen LogP contribution in [0.25, 0.3) is 0 Å². The van der Waals surface area contributed by atoms with Crippen LogP contribution in [-0.2, 0) is 4.74 Å². The highest BCUT2D eigenvalue weighted by molar-refractivity contribution is 5.46. The summed E-state index contributed by atoms with van der Waals surface area (Å²) in [4.78, 5) is 0. The molecule has 1 aromatic rings. The van der Waals surface area contributed by atoms with Crippen molar-refractivity contribution in [1.82, 2.24) is 0 Å². The summed E-state index contributed by atoms with van der Waals surface area (Å²) in [6, 6.07) is 8.38. The lowest BCUT2D eigenvalue weighted by Crippen LogP contribution is -2.27. The van der Waals surface area contributed by atoms with Crippen molar-refractivity contribution in [3.05, 3.63) is 29.8 Å². The second-order valence-electron chi connectivity index (χ2n) is 6.05. The zero-order valence-corrected chi connectivity index (χ0v) is 12.6. The molecule has 2 N–H and O–H groups in total. The first kappa shape index (κ1) is 15.3. The second kappa shape index (κ2) is 7.65. The van der Waals surface area contributed by atoms with Gasteiger partial charge in [0.15, 0.2) is 0 Å². The summed E-state index contributed by atoms with van der Waals surface area (Å²) in [7, 11) is 0. The Bertz CT molecular complexity index is 400.